The van der Waals surface area contributed by atoms with E-state index in [-0.39, 0.29) is 17.0 Å². The predicted octanol–water partition coefficient (Wildman–Crippen LogP) is 3.46. The highest BCUT2D eigenvalue weighted by atomic mass is 16.5. The van der Waals surface area contributed by atoms with Crippen molar-refractivity contribution in [3.63, 3.8) is 0 Å². The molecule has 2 aromatic rings. The number of carbonyl (C=O) groups is 3. The smallest absolute Gasteiger partial charge is 0.339 e. The average molecular weight is 419 g/mol. The number of esters is 1. The third kappa shape index (κ3) is 5.28. The van der Waals surface area contributed by atoms with Crippen molar-refractivity contribution in [1.29, 1.82) is 5.26 Å². The van der Waals surface area contributed by atoms with Crippen LogP contribution in [0.2, 0.25) is 0 Å². The van der Waals surface area contributed by atoms with E-state index >= 15 is 0 Å². The van der Waals surface area contributed by atoms with E-state index in [0.717, 1.165) is 19.3 Å². The minimum absolute atomic E-state index is 0.0794. The number of hydrogen-bond donors (Lipinski definition) is 1. The summed E-state index contributed by atoms with van der Waals surface area (Å²) < 4.78 is 5.17. The molecule has 0 radical (unpaired) electrons. The Kier molecular flexibility index (Phi) is 7.03. The van der Waals surface area contributed by atoms with Crippen LogP contribution in [-0.2, 0) is 9.53 Å². The summed E-state index contributed by atoms with van der Waals surface area (Å²) in [5.74, 6) is -1.66. The molecular formula is C24H25N3O4. The molecule has 2 amide bonds. The summed E-state index contributed by atoms with van der Waals surface area (Å²) in [6.07, 6.45) is 3.96. The van der Waals surface area contributed by atoms with Gasteiger partial charge in [0, 0.05) is 12.7 Å². The van der Waals surface area contributed by atoms with Gasteiger partial charge in [-0.1, -0.05) is 49.6 Å². The van der Waals surface area contributed by atoms with Gasteiger partial charge in [0.1, 0.15) is 5.54 Å². The van der Waals surface area contributed by atoms with Crippen LogP contribution in [-0.4, -0.2) is 37.0 Å². The van der Waals surface area contributed by atoms with E-state index in [9.17, 15) is 19.6 Å². The van der Waals surface area contributed by atoms with Gasteiger partial charge >= 0.3 is 5.97 Å². The molecule has 0 bridgehead atoms. The minimum atomic E-state index is -0.895. The molecule has 1 aliphatic rings. The van der Waals surface area contributed by atoms with Gasteiger partial charge in [0.15, 0.2) is 6.61 Å². The number of nitrogens with zero attached hydrogens (tertiary/aromatic N) is 2. The summed E-state index contributed by atoms with van der Waals surface area (Å²) in [5.41, 5.74) is 0.0497. The highest BCUT2D eigenvalue weighted by Gasteiger charge is 2.33. The Balaban J connectivity index is 1.67. The van der Waals surface area contributed by atoms with E-state index in [0.29, 0.717) is 18.5 Å². The highest BCUT2D eigenvalue weighted by Crippen LogP contribution is 2.27. The number of hydrogen-bond acceptors (Lipinski definition) is 5. The summed E-state index contributed by atoms with van der Waals surface area (Å²) >= 11 is 0. The van der Waals surface area contributed by atoms with Crippen molar-refractivity contribution >= 4 is 23.5 Å². The molecule has 1 saturated carbocycles. The van der Waals surface area contributed by atoms with Crippen molar-refractivity contribution < 1.29 is 19.1 Å². The molecule has 0 saturated heterocycles. The summed E-state index contributed by atoms with van der Waals surface area (Å²) in [6.45, 7) is -0.515. The largest absolute Gasteiger partial charge is 0.452 e. The van der Waals surface area contributed by atoms with Crippen molar-refractivity contribution in [3.05, 3.63) is 65.7 Å². The van der Waals surface area contributed by atoms with Crippen LogP contribution in [0.4, 0.5) is 5.69 Å². The molecule has 1 N–H and O–H groups in total. The van der Waals surface area contributed by atoms with E-state index in [1.165, 1.54) is 11.0 Å². The van der Waals surface area contributed by atoms with Gasteiger partial charge in [0.2, 0.25) is 0 Å². The third-order valence-electron chi connectivity index (χ3n) is 5.46. The van der Waals surface area contributed by atoms with Crippen molar-refractivity contribution in [2.45, 2.75) is 37.6 Å². The number of anilines is 1. The van der Waals surface area contributed by atoms with Crippen molar-refractivity contribution in [1.82, 2.24) is 5.32 Å². The second kappa shape index (κ2) is 9.90. The lowest BCUT2D eigenvalue weighted by Gasteiger charge is -2.31. The average Bonchev–Trinajstić information content (AvgIpc) is 2.82. The normalized spacial score (nSPS) is 14.7. The fraction of sp³-hybridized carbons (Fsp3) is 0.333. The van der Waals surface area contributed by atoms with Crippen LogP contribution in [0.5, 0.6) is 0 Å². The Bertz CT molecular complexity index is 991. The summed E-state index contributed by atoms with van der Waals surface area (Å²) in [7, 11) is 1.62. The fourth-order valence-corrected chi connectivity index (χ4v) is 3.73. The van der Waals surface area contributed by atoms with Gasteiger partial charge in [0.25, 0.3) is 11.8 Å². The zero-order valence-corrected chi connectivity index (χ0v) is 17.5. The lowest BCUT2D eigenvalue weighted by Crippen LogP contribution is -2.50. The fourth-order valence-electron chi connectivity index (χ4n) is 3.73. The number of amides is 2. The summed E-state index contributed by atoms with van der Waals surface area (Å²) in [5, 5.41) is 12.2. The van der Waals surface area contributed by atoms with Gasteiger partial charge in [-0.15, -0.1) is 0 Å². The van der Waals surface area contributed by atoms with E-state index in [4.69, 9.17) is 4.74 Å². The first kappa shape index (κ1) is 22.0. The van der Waals surface area contributed by atoms with Crippen molar-refractivity contribution in [2.75, 3.05) is 18.6 Å². The lowest BCUT2D eigenvalue weighted by molar-refractivity contribution is -0.125. The second-order valence-corrected chi connectivity index (χ2v) is 7.62. The van der Waals surface area contributed by atoms with Crippen LogP contribution in [0.25, 0.3) is 0 Å². The van der Waals surface area contributed by atoms with Crippen LogP contribution < -0.4 is 10.2 Å². The van der Waals surface area contributed by atoms with E-state index < -0.39 is 24.0 Å². The van der Waals surface area contributed by atoms with Crippen LogP contribution in [0.15, 0.2) is 54.6 Å². The van der Waals surface area contributed by atoms with E-state index in [1.807, 2.05) is 18.2 Å². The molecular weight excluding hydrogens is 394 g/mol. The molecule has 7 nitrogen and oxygen atoms in total. The standard InChI is InChI=1S/C24H25N3O4/c1-27(18-10-4-2-5-11-18)22(29)19-12-6-7-13-20(19)23(30)31-16-21(28)26-24(17-25)14-8-3-9-15-24/h2,4-7,10-13H,3,8-9,14-16H2,1H3,(H,26,28). The number of benzene rings is 2. The molecule has 0 aliphatic heterocycles. The molecule has 0 aromatic heterocycles. The van der Waals surface area contributed by atoms with Crippen molar-refractivity contribution in [3.8, 4) is 6.07 Å². The maximum atomic E-state index is 13.0. The molecule has 1 aliphatic carbocycles. The molecule has 0 heterocycles. The van der Waals surface area contributed by atoms with E-state index in [1.54, 1.807) is 37.4 Å². The van der Waals surface area contributed by atoms with Crippen LogP contribution >= 0.6 is 0 Å². The highest BCUT2D eigenvalue weighted by molar-refractivity contribution is 6.12. The molecule has 0 atom stereocenters. The number of nitrogens with one attached hydrogen (secondary N) is 1. The SMILES string of the molecule is CN(C(=O)c1ccccc1C(=O)OCC(=O)NC1(C#N)CCCCC1)c1ccccc1. The molecule has 3 rings (SSSR count). The van der Waals surface area contributed by atoms with Gasteiger partial charge < -0.3 is 15.0 Å². The molecule has 2 aromatic carbocycles. The topological polar surface area (TPSA) is 99.5 Å². The van der Waals surface area contributed by atoms with Crippen LogP contribution in [0.1, 0.15) is 52.8 Å². The molecule has 31 heavy (non-hydrogen) atoms. The number of carbonyl (C=O) groups excluding carboxylic acids is 3. The maximum Gasteiger partial charge on any atom is 0.339 e. The van der Waals surface area contributed by atoms with Gasteiger partial charge in [-0.2, -0.15) is 5.26 Å². The quantitative estimate of drug-likeness (QED) is 0.723. The Labute approximate surface area is 181 Å². The first-order chi connectivity index (χ1) is 15.0. The number of ether oxygens (including phenoxy) is 1. The zero-order valence-electron chi connectivity index (χ0n) is 17.5. The maximum absolute atomic E-state index is 13.0. The third-order valence-corrected chi connectivity index (χ3v) is 5.46. The zero-order chi connectivity index (χ0) is 22.3. The monoisotopic (exact) mass is 419 g/mol. The Morgan fingerprint density at radius 1 is 1.00 bits per heavy atom. The van der Waals surface area contributed by atoms with Gasteiger partial charge in [-0.05, 0) is 37.1 Å². The minimum Gasteiger partial charge on any atom is -0.452 e. The first-order valence-corrected chi connectivity index (χ1v) is 10.3. The molecule has 1 fully saturated rings. The lowest BCUT2D eigenvalue weighted by atomic mass is 9.83. The number of rotatable bonds is 6. The molecule has 7 heteroatoms. The molecule has 0 spiro atoms. The Morgan fingerprint density at radius 2 is 1.61 bits per heavy atom. The first-order valence-electron chi connectivity index (χ1n) is 10.3. The Hall–Kier alpha value is -3.66. The van der Waals surface area contributed by atoms with Gasteiger partial charge in [0.05, 0.1) is 17.2 Å². The van der Waals surface area contributed by atoms with E-state index in [2.05, 4.69) is 11.4 Å². The number of nitriles is 1. The Morgan fingerprint density at radius 3 is 2.26 bits per heavy atom. The molecule has 160 valence electrons. The molecule has 0 unspecified atom stereocenters. The summed E-state index contributed by atoms with van der Waals surface area (Å²) in [6, 6.07) is 17.6. The van der Waals surface area contributed by atoms with Crippen LogP contribution in [0.3, 0.4) is 0 Å². The van der Waals surface area contributed by atoms with Gasteiger partial charge in [-0.25, -0.2) is 4.79 Å². The van der Waals surface area contributed by atoms with Crippen molar-refractivity contribution in [2.24, 2.45) is 0 Å². The number of para-hydroxylation sites is 1. The second-order valence-electron chi connectivity index (χ2n) is 7.62. The predicted molar refractivity (Wildman–Crippen MR) is 115 cm³/mol. The van der Waals surface area contributed by atoms with Crippen LogP contribution in [0, 0.1) is 11.3 Å². The van der Waals surface area contributed by atoms with Gasteiger partial charge in [-0.3, -0.25) is 9.59 Å². The summed E-state index contributed by atoms with van der Waals surface area (Å²) in [4.78, 5) is 39.3.